The Balaban J connectivity index is 1.49. The molecule has 27 heavy (non-hydrogen) atoms. The molecule has 0 radical (unpaired) electrons. The van der Waals surface area contributed by atoms with E-state index in [0.717, 1.165) is 5.56 Å². The minimum atomic E-state index is -0.927. The number of rotatable bonds is 3. The van der Waals surface area contributed by atoms with E-state index in [1.54, 1.807) is 33.9 Å². The first-order valence-corrected chi connectivity index (χ1v) is 8.99. The number of hydrogen-bond donors (Lipinski definition) is 1. The zero-order valence-electron chi connectivity index (χ0n) is 15.7. The Labute approximate surface area is 157 Å². The fourth-order valence-corrected chi connectivity index (χ4v) is 3.60. The van der Waals surface area contributed by atoms with E-state index in [2.05, 4.69) is 10.5 Å². The summed E-state index contributed by atoms with van der Waals surface area (Å²) >= 11 is 0. The summed E-state index contributed by atoms with van der Waals surface area (Å²) in [5.41, 5.74) is 3.39. The molecule has 1 aromatic rings. The lowest BCUT2D eigenvalue weighted by Gasteiger charge is -2.36. The van der Waals surface area contributed by atoms with Crippen LogP contribution in [0.5, 0.6) is 0 Å². The van der Waals surface area contributed by atoms with Crippen molar-refractivity contribution in [1.29, 1.82) is 0 Å². The van der Waals surface area contributed by atoms with Crippen LogP contribution in [0.15, 0.2) is 35.4 Å². The number of amides is 1. The van der Waals surface area contributed by atoms with Gasteiger partial charge in [-0.2, -0.15) is 5.10 Å². The summed E-state index contributed by atoms with van der Waals surface area (Å²) in [4.78, 5) is 12.7. The van der Waals surface area contributed by atoms with Crippen molar-refractivity contribution in [2.75, 3.05) is 0 Å². The number of hydrazone groups is 1. The van der Waals surface area contributed by atoms with Gasteiger partial charge in [0.1, 0.15) is 18.3 Å². The van der Waals surface area contributed by atoms with E-state index in [0.29, 0.717) is 0 Å². The van der Waals surface area contributed by atoms with Crippen LogP contribution in [0.3, 0.4) is 0 Å². The average molecular weight is 376 g/mol. The van der Waals surface area contributed by atoms with Gasteiger partial charge in [-0.1, -0.05) is 30.3 Å². The quantitative estimate of drug-likeness (QED) is 0.636. The van der Waals surface area contributed by atoms with E-state index in [1.807, 2.05) is 30.3 Å². The zero-order chi connectivity index (χ0) is 19.2. The van der Waals surface area contributed by atoms with Gasteiger partial charge in [0.25, 0.3) is 5.91 Å². The Morgan fingerprint density at radius 3 is 2.33 bits per heavy atom. The van der Waals surface area contributed by atoms with E-state index in [4.69, 9.17) is 23.7 Å². The summed E-state index contributed by atoms with van der Waals surface area (Å²) in [7, 11) is 0. The molecule has 0 bridgehead atoms. The highest BCUT2D eigenvalue weighted by Gasteiger charge is 2.62. The maximum absolute atomic E-state index is 12.7. The molecule has 146 valence electrons. The second-order valence-electron chi connectivity index (χ2n) is 7.73. The van der Waals surface area contributed by atoms with E-state index < -0.39 is 48.2 Å². The number of hydrogen-bond acceptors (Lipinski definition) is 7. The minimum Gasteiger partial charge on any atom is -0.342 e. The van der Waals surface area contributed by atoms with Crippen molar-refractivity contribution < 1.29 is 28.5 Å². The molecular weight excluding hydrogens is 352 g/mol. The van der Waals surface area contributed by atoms with Crippen molar-refractivity contribution in [3.63, 3.8) is 0 Å². The van der Waals surface area contributed by atoms with Gasteiger partial charge in [-0.3, -0.25) is 4.79 Å². The SMILES string of the molecule is CC1(C)OC2OC(C(=O)NN=Cc3ccccc3)C3OC(C)(C)OC3C2O1. The van der Waals surface area contributed by atoms with Crippen molar-refractivity contribution in [1.82, 2.24) is 5.43 Å². The van der Waals surface area contributed by atoms with E-state index in [1.165, 1.54) is 0 Å². The Morgan fingerprint density at radius 2 is 1.59 bits per heavy atom. The van der Waals surface area contributed by atoms with Gasteiger partial charge in [0.05, 0.1) is 6.21 Å². The average Bonchev–Trinajstić information content (AvgIpc) is 3.09. The highest BCUT2D eigenvalue weighted by atomic mass is 16.9. The third kappa shape index (κ3) is 3.76. The van der Waals surface area contributed by atoms with Crippen LogP contribution in [0.1, 0.15) is 33.3 Å². The standard InChI is InChI=1S/C19H24N2O6/c1-18(2)24-12-13(25-18)15-17(27-19(3,4)26-15)23-14(12)16(22)21-20-10-11-8-6-5-7-9-11/h5-10,12-15,17H,1-4H3,(H,21,22). The van der Waals surface area contributed by atoms with Crippen LogP contribution in [0.2, 0.25) is 0 Å². The van der Waals surface area contributed by atoms with Crippen molar-refractivity contribution in [3.05, 3.63) is 35.9 Å². The third-order valence-electron chi connectivity index (χ3n) is 4.60. The molecule has 5 atom stereocenters. The Bertz CT molecular complexity index is 735. The Morgan fingerprint density at radius 1 is 0.963 bits per heavy atom. The fourth-order valence-electron chi connectivity index (χ4n) is 3.60. The molecule has 0 saturated carbocycles. The number of nitrogens with zero attached hydrogens (tertiary/aromatic N) is 1. The molecular formula is C19H24N2O6. The van der Waals surface area contributed by atoms with Crippen LogP contribution in [0.4, 0.5) is 0 Å². The summed E-state index contributed by atoms with van der Waals surface area (Å²) in [5.74, 6) is -2.10. The van der Waals surface area contributed by atoms with Gasteiger partial charge in [0, 0.05) is 0 Å². The first-order valence-electron chi connectivity index (χ1n) is 8.99. The topological polar surface area (TPSA) is 87.6 Å². The lowest BCUT2D eigenvalue weighted by atomic mass is 9.98. The molecule has 0 aromatic heterocycles. The Kier molecular flexibility index (Phi) is 4.56. The Hall–Kier alpha value is -1.84. The summed E-state index contributed by atoms with van der Waals surface area (Å²) < 4.78 is 29.5. The van der Waals surface area contributed by atoms with Gasteiger partial charge in [-0.25, -0.2) is 5.43 Å². The highest BCUT2D eigenvalue weighted by molar-refractivity contribution is 5.85. The molecule has 3 aliphatic heterocycles. The lowest BCUT2D eigenvalue weighted by Crippen LogP contribution is -2.59. The van der Waals surface area contributed by atoms with Gasteiger partial charge in [-0.15, -0.1) is 0 Å². The molecule has 8 heteroatoms. The lowest BCUT2D eigenvalue weighted by molar-refractivity contribution is -0.231. The molecule has 1 aromatic carbocycles. The van der Waals surface area contributed by atoms with E-state index in [9.17, 15) is 4.79 Å². The molecule has 8 nitrogen and oxygen atoms in total. The fraction of sp³-hybridized carbons (Fsp3) is 0.579. The molecule has 0 aliphatic carbocycles. The van der Waals surface area contributed by atoms with E-state index >= 15 is 0 Å². The van der Waals surface area contributed by atoms with Crippen molar-refractivity contribution in [2.24, 2.45) is 5.10 Å². The molecule has 3 fully saturated rings. The largest absolute Gasteiger partial charge is 0.342 e. The molecule has 1 amide bonds. The number of nitrogens with one attached hydrogen (secondary N) is 1. The second kappa shape index (κ2) is 6.65. The monoisotopic (exact) mass is 376 g/mol. The molecule has 3 aliphatic rings. The van der Waals surface area contributed by atoms with Gasteiger partial charge in [0.2, 0.25) is 0 Å². The second-order valence-corrected chi connectivity index (χ2v) is 7.73. The summed E-state index contributed by atoms with van der Waals surface area (Å²) in [6, 6.07) is 9.46. The van der Waals surface area contributed by atoms with Crippen LogP contribution in [0, 0.1) is 0 Å². The first-order chi connectivity index (χ1) is 12.7. The number of ether oxygens (including phenoxy) is 5. The minimum absolute atomic E-state index is 0.426. The summed E-state index contributed by atoms with van der Waals surface area (Å²) in [6.07, 6.45) is -1.64. The summed E-state index contributed by atoms with van der Waals surface area (Å²) in [5, 5.41) is 4.01. The van der Waals surface area contributed by atoms with Crippen molar-refractivity contribution in [2.45, 2.75) is 70.0 Å². The van der Waals surface area contributed by atoms with Gasteiger partial charge >= 0.3 is 0 Å². The van der Waals surface area contributed by atoms with Gasteiger partial charge < -0.3 is 23.7 Å². The zero-order valence-corrected chi connectivity index (χ0v) is 15.7. The summed E-state index contributed by atoms with van der Waals surface area (Å²) in [6.45, 7) is 7.18. The third-order valence-corrected chi connectivity index (χ3v) is 4.60. The predicted octanol–water partition coefficient (Wildman–Crippen LogP) is 1.53. The van der Waals surface area contributed by atoms with Crippen molar-refractivity contribution >= 4 is 12.1 Å². The van der Waals surface area contributed by atoms with Crippen LogP contribution >= 0.6 is 0 Å². The molecule has 0 spiro atoms. The maximum atomic E-state index is 12.7. The van der Waals surface area contributed by atoms with Crippen LogP contribution in [0.25, 0.3) is 0 Å². The number of carbonyl (C=O) groups is 1. The van der Waals surface area contributed by atoms with E-state index in [-0.39, 0.29) is 0 Å². The smallest absolute Gasteiger partial charge is 0.272 e. The van der Waals surface area contributed by atoms with Crippen LogP contribution in [-0.2, 0) is 28.5 Å². The molecule has 4 rings (SSSR count). The van der Waals surface area contributed by atoms with Gasteiger partial charge in [-0.05, 0) is 33.3 Å². The molecule has 5 unspecified atom stereocenters. The van der Waals surface area contributed by atoms with Crippen LogP contribution < -0.4 is 5.43 Å². The number of carbonyl (C=O) groups excluding carboxylic acids is 1. The molecule has 3 heterocycles. The number of fused-ring (bicyclic) bond motifs is 3. The van der Waals surface area contributed by atoms with Crippen molar-refractivity contribution in [3.8, 4) is 0 Å². The normalized spacial score (nSPS) is 36.4. The maximum Gasteiger partial charge on any atom is 0.272 e. The first kappa shape index (κ1) is 18.5. The highest BCUT2D eigenvalue weighted by Crippen LogP contribution is 2.44. The van der Waals surface area contributed by atoms with Crippen LogP contribution in [-0.4, -0.2) is 54.4 Å². The predicted molar refractivity (Wildman–Crippen MR) is 94.7 cm³/mol. The molecule has 1 N–H and O–H groups in total. The van der Waals surface area contributed by atoms with Gasteiger partial charge in [0.15, 0.2) is 24.0 Å². The number of benzene rings is 1. The molecule has 3 saturated heterocycles.